The van der Waals surface area contributed by atoms with E-state index in [0.717, 1.165) is 49.7 Å². The van der Waals surface area contributed by atoms with Crippen molar-refractivity contribution in [2.45, 2.75) is 58.5 Å². The first-order chi connectivity index (χ1) is 21.0. The number of nitriles is 1. The van der Waals surface area contributed by atoms with Gasteiger partial charge in [-0.2, -0.15) is 5.26 Å². The number of carbonyl (C=O) groups excluding carboxylic acids is 1. The van der Waals surface area contributed by atoms with Crippen LogP contribution in [0.2, 0.25) is 0 Å². The first-order valence-electron chi connectivity index (χ1n) is 15.2. The lowest BCUT2D eigenvalue weighted by Crippen LogP contribution is -2.39. The molecule has 8 heteroatoms. The predicted molar refractivity (Wildman–Crippen MR) is 166 cm³/mol. The molecule has 43 heavy (non-hydrogen) atoms. The number of hydrogen-bond acceptors (Lipinski definition) is 7. The number of piperidine rings is 1. The van der Waals surface area contributed by atoms with Gasteiger partial charge in [0.2, 0.25) is 0 Å². The Bertz CT molecular complexity index is 1610. The Hall–Kier alpha value is -4.35. The smallest absolute Gasteiger partial charge is 0.253 e. The Kier molecular flexibility index (Phi) is 9.63. The van der Waals surface area contributed by atoms with Gasteiger partial charge in [-0.3, -0.25) is 9.78 Å². The summed E-state index contributed by atoms with van der Waals surface area (Å²) in [7, 11) is 1.57. The van der Waals surface area contributed by atoms with Crippen molar-refractivity contribution >= 4 is 17.0 Å². The highest BCUT2D eigenvalue weighted by molar-refractivity contribution is 5.96. The van der Waals surface area contributed by atoms with Crippen molar-refractivity contribution in [3.63, 3.8) is 0 Å². The van der Waals surface area contributed by atoms with Crippen LogP contribution in [-0.2, 0) is 0 Å². The fraction of sp³-hybridized carbons (Fsp3) is 0.400. The number of benzene rings is 2. The quantitative estimate of drug-likeness (QED) is 0.199. The van der Waals surface area contributed by atoms with Crippen molar-refractivity contribution < 1.29 is 23.8 Å². The van der Waals surface area contributed by atoms with Gasteiger partial charge in [-0.1, -0.05) is 32.8 Å². The average Bonchev–Trinajstić information content (AvgIpc) is 3.49. The first kappa shape index (κ1) is 30.1. The number of pyridine rings is 1. The number of amides is 1. The Labute approximate surface area is 252 Å². The summed E-state index contributed by atoms with van der Waals surface area (Å²) in [6.45, 7) is 5.70. The maximum absolute atomic E-state index is 13.2. The van der Waals surface area contributed by atoms with Gasteiger partial charge in [-0.15, -0.1) is 0 Å². The number of nitrogens with zero attached hydrogens (tertiary/aromatic N) is 3. The van der Waals surface area contributed by atoms with E-state index in [2.05, 4.69) is 24.9 Å². The number of rotatable bonds is 11. The van der Waals surface area contributed by atoms with E-state index in [1.54, 1.807) is 25.4 Å². The lowest BCUT2D eigenvalue weighted by Gasteiger charge is -2.31. The molecular weight excluding hydrogens is 542 g/mol. The van der Waals surface area contributed by atoms with Gasteiger partial charge in [0.1, 0.15) is 28.8 Å². The van der Waals surface area contributed by atoms with Gasteiger partial charge >= 0.3 is 0 Å². The lowest BCUT2D eigenvalue weighted by atomic mass is 9.97. The van der Waals surface area contributed by atoms with Crippen LogP contribution < -0.4 is 9.47 Å². The minimum atomic E-state index is -0.0498. The molecule has 0 atom stereocenters. The molecule has 3 heterocycles. The van der Waals surface area contributed by atoms with Gasteiger partial charge in [0.25, 0.3) is 5.91 Å². The number of ether oxygens (including phenoxy) is 2. The fourth-order valence-corrected chi connectivity index (χ4v) is 5.80. The van der Waals surface area contributed by atoms with Crippen LogP contribution in [0.3, 0.4) is 0 Å². The van der Waals surface area contributed by atoms with Crippen molar-refractivity contribution in [3.8, 4) is 40.0 Å². The first-order valence-corrected chi connectivity index (χ1v) is 15.2. The number of likely N-dealkylation sites (tertiary alicyclic amines) is 1. The van der Waals surface area contributed by atoms with Crippen molar-refractivity contribution in [3.05, 3.63) is 65.9 Å². The van der Waals surface area contributed by atoms with Gasteiger partial charge < -0.3 is 23.9 Å². The molecule has 0 saturated carbocycles. The summed E-state index contributed by atoms with van der Waals surface area (Å²) in [5.41, 5.74) is 4.65. The second-order valence-corrected chi connectivity index (χ2v) is 11.2. The van der Waals surface area contributed by atoms with E-state index in [1.807, 2.05) is 41.3 Å². The molecular formula is C35H39N3O5. The van der Waals surface area contributed by atoms with E-state index in [9.17, 15) is 15.2 Å². The number of aromatic nitrogens is 1. The molecule has 1 N–H and O–H groups in total. The van der Waals surface area contributed by atoms with E-state index in [-0.39, 0.29) is 24.5 Å². The van der Waals surface area contributed by atoms with Crippen LogP contribution >= 0.6 is 0 Å². The van der Waals surface area contributed by atoms with Gasteiger partial charge in [-0.25, -0.2) is 0 Å². The third kappa shape index (κ3) is 6.52. The topological polar surface area (TPSA) is 109 Å². The van der Waals surface area contributed by atoms with E-state index in [4.69, 9.17) is 13.9 Å². The molecule has 1 saturated heterocycles. The van der Waals surface area contributed by atoms with Crippen molar-refractivity contribution in [2.24, 2.45) is 5.92 Å². The van der Waals surface area contributed by atoms with Gasteiger partial charge in [-0.05, 0) is 73.6 Å². The van der Waals surface area contributed by atoms with Crippen LogP contribution in [0, 0.1) is 17.2 Å². The zero-order valence-electron chi connectivity index (χ0n) is 25.1. The highest BCUT2D eigenvalue weighted by Crippen LogP contribution is 2.39. The summed E-state index contributed by atoms with van der Waals surface area (Å²) in [6, 6.07) is 17.1. The van der Waals surface area contributed by atoms with Crippen LogP contribution in [0.4, 0.5) is 0 Å². The second-order valence-electron chi connectivity index (χ2n) is 11.2. The van der Waals surface area contributed by atoms with Crippen LogP contribution in [0.1, 0.15) is 68.3 Å². The molecule has 1 fully saturated rings. The van der Waals surface area contributed by atoms with Crippen LogP contribution in [-0.4, -0.2) is 53.8 Å². The maximum atomic E-state index is 13.2. The fourth-order valence-electron chi connectivity index (χ4n) is 5.80. The maximum Gasteiger partial charge on any atom is 0.253 e. The third-order valence-corrected chi connectivity index (χ3v) is 8.21. The minimum absolute atomic E-state index is 0.0498. The number of methoxy groups -OCH3 is 1. The Morgan fingerprint density at radius 1 is 1.07 bits per heavy atom. The van der Waals surface area contributed by atoms with E-state index in [1.165, 1.54) is 0 Å². The number of fused-ring (bicyclic) bond motifs is 1. The summed E-state index contributed by atoms with van der Waals surface area (Å²) in [5, 5.41) is 19.4. The van der Waals surface area contributed by atoms with Crippen molar-refractivity contribution in [2.75, 3.05) is 26.8 Å². The Balaban J connectivity index is 1.43. The molecule has 4 aromatic rings. The molecule has 224 valence electrons. The van der Waals surface area contributed by atoms with Gasteiger partial charge in [0.05, 0.1) is 24.3 Å². The third-order valence-electron chi connectivity index (χ3n) is 8.21. The monoisotopic (exact) mass is 581 g/mol. The molecule has 1 aliphatic rings. The van der Waals surface area contributed by atoms with Crippen LogP contribution in [0.5, 0.6) is 11.5 Å². The highest BCUT2D eigenvalue weighted by Gasteiger charge is 2.25. The Morgan fingerprint density at radius 2 is 1.84 bits per heavy atom. The number of aliphatic hydroxyl groups excluding tert-OH is 1. The number of hydrogen-bond donors (Lipinski definition) is 1. The molecule has 0 spiro atoms. The van der Waals surface area contributed by atoms with Gasteiger partial charge in [0.15, 0.2) is 5.58 Å². The summed E-state index contributed by atoms with van der Waals surface area (Å²) < 4.78 is 18.3. The predicted octanol–water partition coefficient (Wildman–Crippen LogP) is 7.23. The summed E-state index contributed by atoms with van der Waals surface area (Å²) in [6.07, 6.45) is 7.35. The second kappa shape index (κ2) is 13.7. The zero-order chi connectivity index (χ0) is 30.3. The molecule has 2 aromatic heterocycles. The molecule has 0 unspecified atom stereocenters. The average molecular weight is 582 g/mol. The number of furan rings is 1. The Morgan fingerprint density at radius 3 is 2.51 bits per heavy atom. The number of aliphatic hydroxyl groups is 1. The van der Waals surface area contributed by atoms with Crippen LogP contribution in [0.25, 0.3) is 33.6 Å². The van der Waals surface area contributed by atoms with Crippen LogP contribution in [0.15, 0.2) is 59.1 Å². The van der Waals surface area contributed by atoms with E-state index < -0.39 is 0 Å². The highest BCUT2D eigenvalue weighted by atomic mass is 16.5. The molecule has 0 bridgehead atoms. The molecule has 1 amide bonds. The normalized spacial score (nSPS) is 13.8. The summed E-state index contributed by atoms with van der Waals surface area (Å²) in [5.74, 6) is 1.90. The number of carbonyl (C=O) groups is 1. The van der Waals surface area contributed by atoms with Crippen molar-refractivity contribution in [1.82, 2.24) is 9.88 Å². The minimum Gasteiger partial charge on any atom is -0.496 e. The van der Waals surface area contributed by atoms with Gasteiger partial charge in [0, 0.05) is 43.1 Å². The zero-order valence-corrected chi connectivity index (χ0v) is 25.1. The van der Waals surface area contributed by atoms with E-state index >= 15 is 0 Å². The summed E-state index contributed by atoms with van der Waals surface area (Å²) in [4.78, 5) is 19.6. The molecule has 0 radical (unpaired) electrons. The standard InChI is InChI=1S/C35H39N3O5/c1-4-6-27(7-5-2)42-31-11-9-24(18-26(31)21-36)28-12-15-37-30-20-33(43-34(28)30)29-10-8-25(19-32(29)41-3)35(40)38-16-13-23(22-39)14-17-38/h8-12,15,18-20,23,27,39H,4-7,13-14,16-17,22H2,1-3H3. The van der Waals surface area contributed by atoms with Crippen molar-refractivity contribution in [1.29, 1.82) is 5.26 Å². The largest absolute Gasteiger partial charge is 0.496 e. The molecule has 2 aromatic carbocycles. The lowest BCUT2D eigenvalue weighted by molar-refractivity contribution is 0.0650. The molecule has 0 aliphatic carbocycles. The summed E-state index contributed by atoms with van der Waals surface area (Å²) >= 11 is 0. The molecule has 1 aliphatic heterocycles. The molecule has 5 rings (SSSR count). The molecule has 8 nitrogen and oxygen atoms in total. The van der Waals surface area contributed by atoms with E-state index in [0.29, 0.717) is 58.1 Å². The SMILES string of the molecule is CCCC(CCC)Oc1ccc(-c2ccnc3cc(-c4ccc(C(=O)N5CCC(CO)CC5)cc4OC)oc23)cc1C#N.